The molecule has 2 aromatic rings. The predicted molar refractivity (Wildman–Crippen MR) is 107 cm³/mol. The Balaban J connectivity index is 2.22. The highest BCUT2D eigenvalue weighted by Gasteiger charge is 2.15. The normalized spacial score (nSPS) is 12.1. The predicted octanol–water partition coefficient (Wildman–Crippen LogP) is 5.04. The second-order valence-corrected chi connectivity index (χ2v) is 6.95. The molecule has 130 valence electrons. The van der Waals surface area contributed by atoms with Crippen LogP contribution in [0.15, 0.2) is 65.9 Å². The molecule has 0 bridgehead atoms. The van der Waals surface area contributed by atoms with Gasteiger partial charge < -0.3 is 9.84 Å². The lowest BCUT2D eigenvalue weighted by Crippen LogP contribution is -2.03. The zero-order valence-corrected chi connectivity index (χ0v) is 15.6. The van der Waals surface area contributed by atoms with Crippen molar-refractivity contribution in [3.63, 3.8) is 0 Å². The number of methoxy groups -OCH3 is 1. The average Bonchev–Trinajstić information content (AvgIpc) is 2.64. The van der Waals surface area contributed by atoms with E-state index in [-0.39, 0.29) is 5.57 Å². The molecule has 25 heavy (non-hydrogen) atoms. The molecule has 0 unspecified atom stereocenters. The van der Waals surface area contributed by atoms with Gasteiger partial charge in [-0.05, 0) is 29.5 Å². The first kappa shape index (κ1) is 19.1. The number of aliphatic imine (C=N–C) groups is 1. The van der Waals surface area contributed by atoms with Gasteiger partial charge in [-0.1, -0.05) is 54.2 Å². The van der Waals surface area contributed by atoms with E-state index in [9.17, 15) is 9.90 Å². The van der Waals surface area contributed by atoms with Crippen LogP contribution in [0, 0.1) is 0 Å². The fourth-order valence-corrected chi connectivity index (χ4v) is 3.69. The average molecular weight is 373 g/mol. The quantitative estimate of drug-likeness (QED) is 0.333. The van der Waals surface area contributed by atoms with Crippen LogP contribution in [0.4, 0.5) is 5.69 Å². The lowest BCUT2D eigenvalue weighted by molar-refractivity contribution is -0.130. The first-order chi connectivity index (χ1) is 12.2. The van der Waals surface area contributed by atoms with Gasteiger partial charge in [0.1, 0.15) is 9.95 Å². The van der Waals surface area contributed by atoms with Gasteiger partial charge in [0, 0.05) is 5.75 Å². The van der Waals surface area contributed by atoms with Gasteiger partial charge in [-0.3, -0.25) is 0 Å². The second kappa shape index (κ2) is 9.96. The van der Waals surface area contributed by atoms with Crippen LogP contribution in [-0.4, -0.2) is 28.8 Å². The maximum absolute atomic E-state index is 11.5. The minimum absolute atomic E-state index is 0.143. The number of thioether (sulfide) groups is 2. The molecule has 0 aliphatic carbocycles. The summed E-state index contributed by atoms with van der Waals surface area (Å²) in [6.07, 6.45) is 3.24. The Morgan fingerprint density at radius 3 is 2.48 bits per heavy atom. The van der Waals surface area contributed by atoms with E-state index < -0.39 is 5.97 Å². The maximum atomic E-state index is 11.5. The van der Waals surface area contributed by atoms with E-state index in [4.69, 9.17) is 4.74 Å². The van der Waals surface area contributed by atoms with E-state index in [2.05, 4.69) is 4.99 Å². The van der Waals surface area contributed by atoms with Crippen molar-refractivity contribution in [2.75, 3.05) is 13.4 Å². The smallest absolute Gasteiger partial charge is 0.339 e. The van der Waals surface area contributed by atoms with E-state index in [0.717, 1.165) is 15.6 Å². The lowest BCUT2D eigenvalue weighted by Gasteiger charge is -2.10. The Bertz CT molecular complexity index is 773. The van der Waals surface area contributed by atoms with Gasteiger partial charge in [-0.25, -0.2) is 9.79 Å². The van der Waals surface area contributed by atoms with E-state index in [1.165, 1.54) is 13.4 Å². The van der Waals surface area contributed by atoms with Gasteiger partial charge >= 0.3 is 5.97 Å². The largest absolute Gasteiger partial charge is 0.503 e. The first-order valence-electron chi connectivity index (χ1n) is 7.50. The number of rotatable bonds is 6. The molecule has 2 rings (SSSR count). The molecule has 0 saturated heterocycles. The Labute approximate surface area is 156 Å². The number of benzene rings is 2. The molecular weight excluding hydrogens is 354 g/mol. The van der Waals surface area contributed by atoms with Gasteiger partial charge in [-0.15, -0.1) is 11.8 Å². The summed E-state index contributed by atoms with van der Waals surface area (Å²) in [5.41, 5.74) is 2.63. The topological polar surface area (TPSA) is 58.9 Å². The number of carboxylic acid groups (broad SMARTS) is 1. The summed E-state index contributed by atoms with van der Waals surface area (Å²) < 4.78 is 5.85. The molecule has 0 spiro atoms. The number of ether oxygens (including phenoxy) is 1. The van der Waals surface area contributed by atoms with Crippen molar-refractivity contribution >= 4 is 45.1 Å². The van der Waals surface area contributed by atoms with E-state index in [1.807, 2.05) is 54.8 Å². The zero-order valence-electron chi connectivity index (χ0n) is 14.0. The molecule has 0 saturated carbocycles. The number of nitrogens with zero attached hydrogens (tertiary/aromatic N) is 1. The monoisotopic (exact) mass is 373 g/mol. The summed E-state index contributed by atoms with van der Waals surface area (Å²) in [6.45, 7) is 0. The molecule has 0 aromatic heterocycles. The Morgan fingerprint density at radius 2 is 1.84 bits per heavy atom. The van der Waals surface area contributed by atoms with Crippen molar-refractivity contribution < 1.29 is 14.6 Å². The third kappa shape index (κ3) is 5.69. The Kier molecular flexibility index (Phi) is 7.63. The fraction of sp³-hybridized carbons (Fsp3) is 0.158. The number of hydrogen-bond donors (Lipinski definition) is 1. The third-order valence-corrected chi connectivity index (χ3v) is 5.36. The summed E-state index contributed by atoms with van der Waals surface area (Å²) in [7, 11) is 1.44. The first-order valence-corrected chi connectivity index (χ1v) is 9.71. The molecule has 6 heteroatoms. The summed E-state index contributed by atoms with van der Waals surface area (Å²) in [4.78, 5) is 16.1. The van der Waals surface area contributed by atoms with Crippen molar-refractivity contribution in [2.24, 2.45) is 4.99 Å². The number of carbonyl (C=O) groups is 1. The number of aliphatic carboxylic acids is 1. The van der Waals surface area contributed by atoms with Crippen molar-refractivity contribution in [3.8, 4) is 0 Å². The minimum atomic E-state index is -1.01. The van der Waals surface area contributed by atoms with Crippen molar-refractivity contribution in [2.45, 2.75) is 5.75 Å². The van der Waals surface area contributed by atoms with Gasteiger partial charge in [0.25, 0.3) is 0 Å². The highest BCUT2D eigenvalue weighted by atomic mass is 32.2. The Morgan fingerprint density at radius 1 is 1.16 bits per heavy atom. The molecule has 0 heterocycles. The third-order valence-electron chi connectivity index (χ3n) is 3.28. The number of para-hydroxylation sites is 1. The molecule has 0 amide bonds. The van der Waals surface area contributed by atoms with E-state index in [0.29, 0.717) is 11.3 Å². The van der Waals surface area contributed by atoms with Gasteiger partial charge in [0.15, 0.2) is 0 Å². The number of carboxylic acids is 1. The van der Waals surface area contributed by atoms with Crippen LogP contribution in [0.3, 0.4) is 0 Å². The molecular formula is C19H19NO3S2. The van der Waals surface area contributed by atoms with Crippen molar-refractivity contribution in [1.82, 2.24) is 0 Å². The maximum Gasteiger partial charge on any atom is 0.339 e. The summed E-state index contributed by atoms with van der Waals surface area (Å²) in [5.74, 6) is -0.390. The molecule has 0 aliphatic heterocycles. The van der Waals surface area contributed by atoms with Crippen molar-refractivity contribution in [1.29, 1.82) is 0 Å². The van der Waals surface area contributed by atoms with Crippen LogP contribution in [-0.2, 0) is 15.3 Å². The summed E-state index contributed by atoms with van der Waals surface area (Å²) >= 11 is 3.15. The highest BCUT2D eigenvalue weighted by Crippen LogP contribution is 2.28. The minimum Gasteiger partial charge on any atom is -0.503 e. The van der Waals surface area contributed by atoms with E-state index in [1.54, 1.807) is 29.6 Å². The summed E-state index contributed by atoms with van der Waals surface area (Å²) in [5, 5.41) is 9.42. The van der Waals surface area contributed by atoms with Crippen LogP contribution in [0.1, 0.15) is 11.1 Å². The Hall–Kier alpha value is -2.18. The van der Waals surface area contributed by atoms with Gasteiger partial charge in [-0.2, -0.15) is 0 Å². The van der Waals surface area contributed by atoms with Crippen LogP contribution < -0.4 is 0 Å². The van der Waals surface area contributed by atoms with Gasteiger partial charge in [0.05, 0.1) is 19.1 Å². The van der Waals surface area contributed by atoms with Crippen LogP contribution in [0.25, 0.3) is 5.57 Å². The molecule has 0 fully saturated rings. The molecule has 4 nitrogen and oxygen atoms in total. The van der Waals surface area contributed by atoms with Gasteiger partial charge in [0.2, 0.25) is 0 Å². The molecule has 0 atom stereocenters. The fourth-order valence-electron chi connectivity index (χ4n) is 2.14. The van der Waals surface area contributed by atoms with Crippen LogP contribution >= 0.6 is 23.5 Å². The molecule has 0 radical (unpaired) electrons. The zero-order chi connectivity index (χ0) is 18.1. The standard InChI is InChI=1S/C19H19NO3S2/c1-23-12-17(18(21)22)16-11-7-6-8-14(16)13-25-19(24-2)20-15-9-4-3-5-10-15/h3-12H,13H2,1-2H3,(H,21,22)/b17-12+,20-19?. The second-order valence-electron chi connectivity index (χ2n) is 4.94. The molecule has 1 N–H and O–H groups in total. The SMILES string of the molecule is CO/C=C(/C(=O)O)c1ccccc1CSC(=Nc1ccccc1)SC. The van der Waals surface area contributed by atoms with Crippen LogP contribution in [0.5, 0.6) is 0 Å². The number of hydrogen-bond acceptors (Lipinski definition) is 5. The summed E-state index contributed by atoms with van der Waals surface area (Å²) in [6, 6.07) is 17.2. The highest BCUT2D eigenvalue weighted by molar-refractivity contribution is 8.38. The molecule has 0 aliphatic rings. The van der Waals surface area contributed by atoms with E-state index >= 15 is 0 Å². The lowest BCUT2D eigenvalue weighted by atomic mass is 10.0. The molecule has 2 aromatic carbocycles. The van der Waals surface area contributed by atoms with Crippen molar-refractivity contribution in [3.05, 3.63) is 72.0 Å². The van der Waals surface area contributed by atoms with Crippen LogP contribution in [0.2, 0.25) is 0 Å².